The van der Waals surface area contributed by atoms with Crippen LogP contribution in [0.4, 0.5) is 11.7 Å². The smallest absolute Gasteiger partial charge is 0.302 e. The van der Waals surface area contributed by atoms with Gasteiger partial charge in [0.25, 0.3) is 5.91 Å². The van der Waals surface area contributed by atoms with E-state index in [9.17, 15) is 9.59 Å². The zero-order valence-corrected chi connectivity index (χ0v) is 11.5. The Morgan fingerprint density at radius 2 is 2.14 bits per heavy atom. The Morgan fingerprint density at radius 3 is 2.86 bits per heavy atom. The van der Waals surface area contributed by atoms with Gasteiger partial charge in [-0.25, -0.2) is 0 Å². The van der Waals surface area contributed by atoms with Crippen LogP contribution in [0.1, 0.15) is 28.9 Å². The van der Waals surface area contributed by atoms with Crippen LogP contribution < -0.4 is 10.6 Å². The highest BCUT2D eigenvalue weighted by Crippen LogP contribution is 2.30. The molecule has 1 aliphatic rings. The molecule has 1 aromatic carbocycles. The van der Waals surface area contributed by atoms with E-state index in [2.05, 4.69) is 15.6 Å². The lowest BCUT2D eigenvalue weighted by Crippen LogP contribution is -2.15. The maximum Gasteiger partial charge on any atom is 0.302 e. The molecule has 1 fully saturated rings. The lowest BCUT2D eigenvalue weighted by atomic mass is 10.2. The van der Waals surface area contributed by atoms with Gasteiger partial charge in [0.05, 0.1) is 11.6 Å². The summed E-state index contributed by atoms with van der Waals surface area (Å²) in [4.78, 5) is 27.5. The van der Waals surface area contributed by atoms with Crippen LogP contribution in [0.5, 0.6) is 0 Å². The molecule has 0 bridgehead atoms. The molecule has 7 nitrogen and oxygen atoms in total. The first-order valence-corrected chi connectivity index (χ1v) is 6.73. The number of nitrogens with one attached hydrogen (secondary N) is 2. The van der Waals surface area contributed by atoms with E-state index >= 15 is 0 Å². The van der Waals surface area contributed by atoms with Crippen LogP contribution in [0.25, 0.3) is 0 Å². The third-order valence-electron chi connectivity index (χ3n) is 3.16. The number of carbonyl (C=O) groups is 2. The normalized spacial score (nSPS) is 13.2. The predicted octanol–water partition coefficient (Wildman–Crippen LogP) is 2.15. The van der Waals surface area contributed by atoms with Crippen LogP contribution in [0.15, 0.2) is 34.9 Å². The summed E-state index contributed by atoms with van der Waals surface area (Å²) in [6, 6.07) is 8.51. The number of hydrogen-bond acceptors (Lipinski definition) is 5. The molecule has 2 N–H and O–H groups in total. The van der Waals surface area contributed by atoms with Crippen LogP contribution in [0.2, 0.25) is 0 Å². The Kier molecular flexibility index (Phi) is 3.58. The van der Waals surface area contributed by atoms with Crippen molar-refractivity contribution < 1.29 is 14.0 Å². The number of hydrogen-bond donors (Lipinski definition) is 2. The molecule has 7 heteroatoms. The van der Waals surface area contributed by atoms with Crippen LogP contribution >= 0.6 is 0 Å². The van der Waals surface area contributed by atoms with Crippen molar-refractivity contribution in [2.45, 2.75) is 12.8 Å². The molecule has 2 aromatic rings. The Balaban J connectivity index is 1.65. The minimum Gasteiger partial charge on any atom is -0.431 e. The van der Waals surface area contributed by atoms with Gasteiger partial charge in [0.1, 0.15) is 6.26 Å². The highest BCUT2D eigenvalue weighted by molar-refractivity contribution is 6.03. The van der Waals surface area contributed by atoms with Gasteiger partial charge in [0.15, 0.2) is 5.69 Å². The van der Waals surface area contributed by atoms with Crippen molar-refractivity contribution in [2.24, 2.45) is 5.92 Å². The summed E-state index contributed by atoms with van der Waals surface area (Å²) < 4.78 is 5.06. The van der Waals surface area contributed by atoms with Crippen molar-refractivity contribution in [2.75, 3.05) is 10.6 Å². The molecule has 0 aliphatic heterocycles. The van der Waals surface area contributed by atoms with Gasteiger partial charge in [-0.2, -0.15) is 10.2 Å². The Bertz CT molecular complexity index is 771. The maximum absolute atomic E-state index is 12.0. The molecule has 110 valence electrons. The fourth-order valence-electron chi connectivity index (χ4n) is 1.85. The molecule has 0 saturated heterocycles. The first kappa shape index (κ1) is 13.8. The van der Waals surface area contributed by atoms with E-state index in [-0.39, 0.29) is 23.5 Å². The quantitative estimate of drug-likeness (QED) is 0.898. The molecule has 1 heterocycles. The summed E-state index contributed by atoms with van der Waals surface area (Å²) in [5.41, 5.74) is 0.972. The van der Waals surface area contributed by atoms with Gasteiger partial charge < -0.3 is 9.73 Å². The summed E-state index contributed by atoms with van der Waals surface area (Å²) in [5, 5.41) is 14.0. The van der Waals surface area contributed by atoms with Gasteiger partial charge >= 0.3 is 6.01 Å². The van der Waals surface area contributed by atoms with Gasteiger partial charge in [-0.1, -0.05) is 6.07 Å². The molecular weight excluding hydrogens is 284 g/mol. The van der Waals surface area contributed by atoms with Crippen LogP contribution in [-0.4, -0.2) is 16.8 Å². The van der Waals surface area contributed by atoms with E-state index in [0.29, 0.717) is 11.3 Å². The van der Waals surface area contributed by atoms with E-state index in [1.165, 1.54) is 6.26 Å². The van der Waals surface area contributed by atoms with Gasteiger partial charge in [-0.15, -0.1) is 0 Å². The minimum absolute atomic E-state index is 0.00725. The average molecular weight is 296 g/mol. The molecule has 22 heavy (non-hydrogen) atoms. The zero-order valence-electron chi connectivity index (χ0n) is 11.5. The number of anilines is 2. The molecule has 3 rings (SSSR count). The summed E-state index contributed by atoms with van der Waals surface area (Å²) in [6.45, 7) is 0. The molecule has 0 atom stereocenters. The lowest BCUT2D eigenvalue weighted by Gasteiger charge is -2.02. The fourth-order valence-corrected chi connectivity index (χ4v) is 1.85. The first-order chi connectivity index (χ1) is 10.7. The van der Waals surface area contributed by atoms with E-state index < -0.39 is 5.91 Å². The second-order valence-corrected chi connectivity index (χ2v) is 4.95. The maximum atomic E-state index is 12.0. The van der Waals surface area contributed by atoms with E-state index in [0.717, 1.165) is 12.8 Å². The van der Waals surface area contributed by atoms with Gasteiger partial charge in [0.2, 0.25) is 5.91 Å². The standard InChI is InChI=1S/C15H12N4O3/c16-7-9-2-1-3-11(6-9)17-14(21)12-8-22-15(18-12)19-13(20)10-4-5-10/h1-3,6,8,10H,4-5H2,(H,17,21)(H,18,19,20). The largest absolute Gasteiger partial charge is 0.431 e. The van der Waals surface area contributed by atoms with Crippen LogP contribution in [-0.2, 0) is 4.79 Å². The van der Waals surface area contributed by atoms with Crippen molar-refractivity contribution in [3.05, 3.63) is 41.8 Å². The Hall–Kier alpha value is -3.14. The monoisotopic (exact) mass is 296 g/mol. The van der Waals surface area contributed by atoms with Crippen molar-refractivity contribution in [1.29, 1.82) is 5.26 Å². The van der Waals surface area contributed by atoms with Gasteiger partial charge in [-0.3, -0.25) is 14.9 Å². The fraction of sp³-hybridized carbons (Fsp3) is 0.200. The van der Waals surface area contributed by atoms with Crippen molar-refractivity contribution in [1.82, 2.24) is 4.98 Å². The second-order valence-electron chi connectivity index (χ2n) is 4.95. The van der Waals surface area contributed by atoms with Crippen LogP contribution in [0.3, 0.4) is 0 Å². The Morgan fingerprint density at radius 1 is 1.32 bits per heavy atom. The number of amides is 2. The van der Waals surface area contributed by atoms with Crippen molar-refractivity contribution in [3.63, 3.8) is 0 Å². The highest BCUT2D eigenvalue weighted by Gasteiger charge is 2.30. The van der Waals surface area contributed by atoms with E-state index in [1.54, 1.807) is 24.3 Å². The van der Waals surface area contributed by atoms with Gasteiger partial charge in [0, 0.05) is 11.6 Å². The number of oxazole rings is 1. The molecule has 0 unspecified atom stereocenters. The number of nitrogens with zero attached hydrogens (tertiary/aromatic N) is 2. The Labute approximate surface area is 126 Å². The molecule has 1 saturated carbocycles. The van der Waals surface area contributed by atoms with Crippen molar-refractivity contribution >= 4 is 23.5 Å². The third kappa shape index (κ3) is 3.12. The number of nitriles is 1. The molecule has 1 aromatic heterocycles. The first-order valence-electron chi connectivity index (χ1n) is 6.73. The molecule has 0 radical (unpaired) electrons. The number of rotatable bonds is 4. The number of aromatic nitrogens is 1. The lowest BCUT2D eigenvalue weighted by molar-refractivity contribution is -0.117. The average Bonchev–Trinajstić information content (AvgIpc) is 3.27. The number of carbonyl (C=O) groups excluding carboxylic acids is 2. The molecular formula is C15H12N4O3. The SMILES string of the molecule is N#Cc1cccc(NC(=O)c2coc(NC(=O)C3CC3)n2)c1. The van der Waals surface area contributed by atoms with Gasteiger partial charge in [-0.05, 0) is 31.0 Å². The van der Waals surface area contributed by atoms with E-state index in [1.807, 2.05) is 6.07 Å². The zero-order chi connectivity index (χ0) is 15.5. The van der Waals surface area contributed by atoms with Crippen LogP contribution in [0, 0.1) is 17.2 Å². The minimum atomic E-state index is -0.481. The summed E-state index contributed by atoms with van der Waals surface area (Å²) in [6.07, 6.45) is 2.91. The number of benzene rings is 1. The summed E-state index contributed by atoms with van der Waals surface area (Å²) in [7, 11) is 0. The summed E-state index contributed by atoms with van der Waals surface area (Å²) >= 11 is 0. The molecule has 0 spiro atoms. The molecule has 1 aliphatic carbocycles. The molecule has 2 amide bonds. The predicted molar refractivity (Wildman–Crippen MR) is 77.0 cm³/mol. The highest BCUT2D eigenvalue weighted by atomic mass is 16.4. The topological polar surface area (TPSA) is 108 Å². The third-order valence-corrected chi connectivity index (χ3v) is 3.16. The van der Waals surface area contributed by atoms with Crippen molar-refractivity contribution in [3.8, 4) is 6.07 Å². The summed E-state index contributed by atoms with van der Waals surface area (Å²) in [5.74, 6) is -0.598. The van der Waals surface area contributed by atoms with E-state index in [4.69, 9.17) is 9.68 Å². The second kappa shape index (κ2) is 5.69.